The predicted molar refractivity (Wildman–Crippen MR) is 82.2 cm³/mol. The van der Waals surface area contributed by atoms with Gasteiger partial charge in [-0.15, -0.1) is 5.10 Å². The highest BCUT2D eigenvalue weighted by Gasteiger charge is 2.09. The molecule has 0 fully saturated rings. The van der Waals surface area contributed by atoms with E-state index in [1.54, 1.807) is 24.3 Å². The lowest BCUT2D eigenvalue weighted by Gasteiger charge is -2.05. The highest BCUT2D eigenvalue weighted by molar-refractivity contribution is 5.88. The summed E-state index contributed by atoms with van der Waals surface area (Å²) in [5, 5.41) is 16.0. The number of benzene rings is 2. The second kappa shape index (κ2) is 6.49. The first-order valence-electron chi connectivity index (χ1n) is 6.22. The molecule has 2 aromatic rings. The van der Waals surface area contributed by atoms with Crippen LogP contribution < -0.4 is 11.5 Å². The molecule has 0 aliphatic heterocycles. The maximum atomic E-state index is 14.0. The number of aromatic carboxylic acids is 1. The van der Waals surface area contributed by atoms with Crippen molar-refractivity contribution in [1.29, 1.82) is 0 Å². The topological polar surface area (TPSA) is 114 Å². The largest absolute Gasteiger partial charge is 0.478 e. The van der Waals surface area contributed by atoms with Gasteiger partial charge >= 0.3 is 5.97 Å². The molecule has 0 amide bonds. The summed E-state index contributed by atoms with van der Waals surface area (Å²) in [5.74, 6) is -1.91. The summed E-state index contributed by atoms with van der Waals surface area (Å²) in [7, 11) is 0. The highest BCUT2D eigenvalue weighted by Crippen LogP contribution is 2.24. The zero-order chi connectivity index (χ0) is 16.1. The Morgan fingerprint density at radius 3 is 2.36 bits per heavy atom. The van der Waals surface area contributed by atoms with Gasteiger partial charge in [-0.3, -0.25) is 0 Å². The molecule has 0 heterocycles. The quantitative estimate of drug-likeness (QED) is 0.453. The number of hydrogen-bond donors (Lipinski definition) is 3. The summed E-state index contributed by atoms with van der Waals surface area (Å²) in [4.78, 5) is 10.8. The van der Waals surface area contributed by atoms with Gasteiger partial charge in [-0.25, -0.2) is 9.18 Å². The highest BCUT2D eigenvalue weighted by atomic mass is 19.1. The average molecular weight is 300 g/mol. The molecular formula is C15H13FN4O2. The Kier molecular flexibility index (Phi) is 4.47. The fourth-order valence-corrected chi connectivity index (χ4v) is 1.79. The Hall–Kier alpha value is -3.22. The van der Waals surface area contributed by atoms with Crippen molar-refractivity contribution in [2.45, 2.75) is 0 Å². The SMILES string of the molecule is NC(N)=NN=Cc1ccc(-c2ccc(C(=O)O)cc2F)cc1. The summed E-state index contributed by atoms with van der Waals surface area (Å²) >= 11 is 0. The van der Waals surface area contributed by atoms with Crippen molar-refractivity contribution in [3.05, 3.63) is 59.4 Å². The molecule has 7 heteroatoms. The fraction of sp³-hybridized carbons (Fsp3) is 0. The van der Waals surface area contributed by atoms with Crippen LogP contribution in [0.1, 0.15) is 15.9 Å². The van der Waals surface area contributed by atoms with Crippen LogP contribution in [-0.2, 0) is 0 Å². The number of carboxylic acid groups (broad SMARTS) is 1. The number of guanidine groups is 1. The van der Waals surface area contributed by atoms with Gasteiger partial charge in [0.1, 0.15) is 5.82 Å². The summed E-state index contributed by atoms with van der Waals surface area (Å²) in [5.41, 5.74) is 11.8. The van der Waals surface area contributed by atoms with Gasteiger partial charge in [0, 0.05) is 5.56 Å². The number of carbonyl (C=O) groups is 1. The minimum absolute atomic E-state index is 0.0951. The van der Waals surface area contributed by atoms with Gasteiger partial charge in [0.2, 0.25) is 5.96 Å². The monoisotopic (exact) mass is 300 g/mol. The number of carboxylic acids is 1. The lowest BCUT2D eigenvalue weighted by atomic mass is 10.0. The molecule has 22 heavy (non-hydrogen) atoms. The third-order valence-electron chi connectivity index (χ3n) is 2.82. The second-order valence-electron chi connectivity index (χ2n) is 4.39. The van der Waals surface area contributed by atoms with E-state index in [1.165, 1.54) is 18.3 Å². The van der Waals surface area contributed by atoms with E-state index in [4.69, 9.17) is 16.6 Å². The van der Waals surface area contributed by atoms with Crippen molar-refractivity contribution >= 4 is 18.1 Å². The third-order valence-corrected chi connectivity index (χ3v) is 2.82. The van der Waals surface area contributed by atoms with Gasteiger partial charge in [-0.1, -0.05) is 30.3 Å². The summed E-state index contributed by atoms with van der Waals surface area (Å²) in [6.45, 7) is 0. The first-order chi connectivity index (χ1) is 10.5. The molecule has 0 unspecified atom stereocenters. The molecule has 2 rings (SSSR count). The van der Waals surface area contributed by atoms with E-state index in [-0.39, 0.29) is 11.5 Å². The molecule has 6 nitrogen and oxygen atoms in total. The number of rotatable bonds is 4. The van der Waals surface area contributed by atoms with Crippen LogP contribution in [0.15, 0.2) is 52.7 Å². The van der Waals surface area contributed by atoms with Crippen molar-refractivity contribution < 1.29 is 14.3 Å². The Bertz CT molecular complexity index is 751. The molecule has 0 saturated heterocycles. The third kappa shape index (κ3) is 3.66. The van der Waals surface area contributed by atoms with E-state index in [0.29, 0.717) is 11.1 Å². The van der Waals surface area contributed by atoms with Crippen LogP contribution in [0.2, 0.25) is 0 Å². The molecule has 0 aromatic heterocycles. The smallest absolute Gasteiger partial charge is 0.335 e. The van der Waals surface area contributed by atoms with Crippen LogP contribution >= 0.6 is 0 Å². The van der Waals surface area contributed by atoms with Gasteiger partial charge < -0.3 is 16.6 Å². The Balaban J connectivity index is 2.25. The Morgan fingerprint density at radius 1 is 1.14 bits per heavy atom. The van der Waals surface area contributed by atoms with E-state index in [2.05, 4.69) is 10.2 Å². The minimum Gasteiger partial charge on any atom is -0.478 e. The molecule has 0 saturated carbocycles. The van der Waals surface area contributed by atoms with Crippen molar-refractivity contribution in [2.75, 3.05) is 0 Å². The van der Waals surface area contributed by atoms with Gasteiger partial charge in [0.25, 0.3) is 0 Å². The first-order valence-corrected chi connectivity index (χ1v) is 6.22. The van der Waals surface area contributed by atoms with Crippen LogP contribution in [-0.4, -0.2) is 23.2 Å². The Labute approximate surface area is 125 Å². The molecule has 0 aliphatic rings. The van der Waals surface area contributed by atoms with Gasteiger partial charge in [0.05, 0.1) is 11.8 Å². The molecule has 5 N–H and O–H groups in total. The number of nitrogens with two attached hydrogens (primary N) is 2. The lowest BCUT2D eigenvalue weighted by Crippen LogP contribution is -2.21. The lowest BCUT2D eigenvalue weighted by molar-refractivity contribution is 0.0696. The van der Waals surface area contributed by atoms with Crippen LogP contribution in [0.25, 0.3) is 11.1 Å². The molecule has 0 bridgehead atoms. The zero-order valence-corrected chi connectivity index (χ0v) is 11.4. The van der Waals surface area contributed by atoms with Crippen LogP contribution in [0.4, 0.5) is 4.39 Å². The molecule has 2 aromatic carbocycles. The standard InChI is InChI=1S/C15H13FN4O2/c16-13-7-11(14(21)22)5-6-12(13)10-3-1-9(2-4-10)8-19-20-15(17)18/h1-8H,(H,21,22)(H4,17,18,20). The first kappa shape index (κ1) is 15.2. The maximum absolute atomic E-state index is 14.0. The average Bonchev–Trinajstić information content (AvgIpc) is 2.47. The predicted octanol–water partition coefficient (Wildman–Crippen LogP) is 1.80. The Morgan fingerprint density at radius 2 is 1.82 bits per heavy atom. The van der Waals surface area contributed by atoms with Crippen LogP contribution in [0.3, 0.4) is 0 Å². The van der Waals surface area contributed by atoms with Gasteiger partial charge in [-0.2, -0.15) is 5.10 Å². The van der Waals surface area contributed by atoms with Crippen molar-refractivity contribution in [3.8, 4) is 11.1 Å². The van der Waals surface area contributed by atoms with E-state index < -0.39 is 11.8 Å². The van der Waals surface area contributed by atoms with E-state index in [9.17, 15) is 9.18 Å². The second-order valence-corrected chi connectivity index (χ2v) is 4.39. The van der Waals surface area contributed by atoms with Crippen molar-refractivity contribution in [2.24, 2.45) is 21.7 Å². The summed E-state index contributed by atoms with van der Waals surface area (Å²) < 4.78 is 14.0. The summed E-state index contributed by atoms with van der Waals surface area (Å²) in [6, 6.07) is 10.6. The molecule has 0 aliphatic carbocycles. The molecular weight excluding hydrogens is 287 g/mol. The molecule has 0 spiro atoms. The van der Waals surface area contributed by atoms with Crippen LogP contribution in [0, 0.1) is 5.82 Å². The molecule has 0 atom stereocenters. The number of nitrogens with zero attached hydrogens (tertiary/aromatic N) is 2. The zero-order valence-electron chi connectivity index (χ0n) is 11.4. The fourth-order valence-electron chi connectivity index (χ4n) is 1.79. The molecule has 112 valence electrons. The van der Waals surface area contributed by atoms with Gasteiger partial charge in [-0.05, 0) is 23.3 Å². The maximum Gasteiger partial charge on any atom is 0.335 e. The number of halogens is 1. The van der Waals surface area contributed by atoms with Gasteiger partial charge in [0.15, 0.2) is 0 Å². The summed E-state index contributed by atoms with van der Waals surface area (Å²) in [6.07, 6.45) is 1.45. The van der Waals surface area contributed by atoms with E-state index >= 15 is 0 Å². The van der Waals surface area contributed by atoms with E-state index in [1.807, 2.05) is 0 Å². The van der Waals surface area contributed by atoms with Crippen molar-refractivity contribution in [1.82, 2.24) is 0 Å². The number of hydrogen-bond acceptors (Lipinski definition) is 3. The van der Waals surface area contributed by atoms with E-state index in [0.717, 1.165) is 11.6 Å². The molecule has 0 radical (unpaired) electrons. The van der Waals surface area contributed by atoms with Crippen LogP contribution in [0.5, 0.6) is 0 Å². The minimum atomic E-state index is -1.17. The normalized spacial score (nSPS) is 10.6. The van der Waals surface area contributed by atoms with Crippen molar-refractivity contribution in [3.63, 3.8) is 0 Å².